The summed E-state index contributed by atoms with van der Waals surface area (Å²) in [5, 5.41) is 4.32. The predicted molar refractivity (Wildman–Crippen MR) is 88.5 cm³/mol. The van der Waals surface area contributed by atoms with Gasteiger partial charge in [0.05, 0.1) is 6.61 Å². The first-order valence-corrected chi connectivity index (χ1v) is 8.56. The van der Waals surface area contributed by atoms with E-state index in [9.17, 15) is 9.59 Å². The fraction of sp³-hybridized carbons (Fsp3) is 0.706. The van der Waals surface area contributed by atoms with Gasteiger partial charge in [-0.1, -0.05) is 0 Å². The Morgan fingerprint density at radius 1 is 1.38 bits per heavy atom. The number of carbonyl (C=O) groups excluding carboxylic acids is 2. The number of amides is 2. The lowest BCUT2D eigenvalue weighted by Gasteiger charge is -2.42. The van der Waals surface area contributed by atoms with Gasteiger partial charge in [0.2, 0.25) is 5.91 Å². The lowest BCUT2D eigenvalue weighted by Crippen LogP contribution is -2.51. The molecule has 2 atom stereocenters. The molecule has 0 aromatic carbocycles. The van der Waals surface area contributed by atoms with Crippen LogP contribution < -0.4 is 0 Å². The molecule has 24 heavy (non-hydrogen) atoms. The summed E-state index contributed by atoms with van der Waals surface area (Å²) in [6, 6.07) is 1.78. The van der Waals surface area contributed by atoms with Crippen molar-refractivity contribution in [2.24, 2.45) is 11.3 Å². The maximum atomic E-state index is 12.7. The number of carbonyl (C=O) groups is 2. The van der Waals surface area contributed by atoms with Crippen LogP contribution in [0.4, 0.5) is 0 Å². The zero-order chi connectivity index (χ0) is 17.3. The number of fused-ring (bicyclic) bond motifs is 1. The zero-order valence-corrected chi connectivity index (χ0v) is 14.7. The first-order valence-electron chi connectivity index (χ1n) is 8.56. The van der Waals surface area contributed by atoms with E-state index >= 15 is 0 Å². The Labute approximate surface area is 142 Å². The van der Waals surface area contributed by atoms with Crippen molar-refractivity contribution >= 4 is 11.8 Å². The summed E-state index contributed by atoms with van der Waals surface area (Å²) in [4.78, 5) is 28.3. The third-order valence-corrected chi connectivity index (χ3v) is 5.48. The highest BCUT2D eigenvalue weighted by molar-refractivity contribution is 5.92. The van der Waals surface area contributed by atoms with Crippen LogP contribution in [-0.2, 0) is 16.1 Å². The number of rotatable bonds is 4. The minimum absolute atomic E-state index is 0.0190. The van der Waals surface area contributed by atoms with Crippen molar-refractivity contribution in [1.82, 2.24) is 19.6 Å². The minimum atomic E-state index is -0.0278. The molecule has 0 saturated carbocycles. The fourth-order valence-corrected chi connectivity index (χ4v) is 4.04. The van der Waals surface area contributed by atoms with E-state index in [1.54, 1.807) is 24.8 Å². The van der Waals surface area contributed by atoms with E-state index in [1.807, 2.05) is 22.9 Å². The number of ether oxygens (including phenoxy) is 1. The molecule has 132 valence electrons. The molecule has 0 bridgehead atoms. The Hall–Kier alpha value is -1.89. The van der Waals surface area contributed by atoms with Crippen LogP contribution in [0.15, 0.2) is 12.3 Å². The van der Waals surface area contributed by atoms with Crippen LogP contribution in [0, 0.1) is 11.3 Å². The first-order chi connectivity index (χ1) is 11.5. The van der Waals surface area contributed by atoms with Crippen LogP contribution in [0.3, 0.4) is 0 Å². The lowest BCUT2D eigenvalue weighted by atomic mass is 9.73. The highest BCUT2D eigenvalue weighted by Gasteiger charge is 2.50. The Kier molecular flexibility index (Phi) is 4.62. The van der Waals surface area contributed by atoms with Gasteiger partial charge >= 0.3 is 0 Å². The Morgan fingerprint density at radius 2 is 2.12 bits per heavy atom. The van der Waals surface area contributed by atoms with Gasteiger partial charge in [0, 0.05) is 64.3 Å². The number of piperidine rings is 1. The largest absolute Gasteiger partial charge is 0.384 e. The van der Waals surface area contributed by atoms with Crippen molar-refractivity contribution in [3.05, 3.63) is 18.0 Å². The van der Waals surface area contributed by atoms with E-state index in [4.69, 9.17) is 4.74 Å². The molecule has 2 fully saturated rings. The van der Waals surface area contributed by atoms with E-state index in [2.05, 4.69) is 5.10 Å². The van der Waals surface area contributed by atoms with Crippen molar-refractivity contribution in [1.29, 1.82) is 0 Å². The monoisotopic (exact) mass is 334 g/mol. The second-order valence-corrected chi connectivity index (χ2v) is 6.95. The van der Waals surface area contributed by atoms with Crippen molar-refractivity contribution in [2.45, 2.75) is 26.8 Å². The average Bonchev–Trinajstić information content (AvgIpc) is 3.18. The van der Waals surface area contributed by atoms with Crippen LogP contribution in [0.2, 0.25) is 0 Å². The van der Waals surface area contributed by atoms with Gasteiger partial charge in [0.25, 0.3) is 5.91 Å². The molecule has 0 N–H and O–H groups in total. The molecule has 7 nitrogen and oxygen atoms in total. The lowest BCUT2D eigenvalue weighted by molar-refractivity contribution is -0.128. The van der Waals surface area contributed by atoms with Gasteiger partial charge in [0.15, 0.2) is 0 Å². The van der Waals surface area contributed by atoms with Gasteiger partial charge in [-0.2, -0.15) is 5.10 Å². The third kappa shape index (κ3) is 2.92. The molecule has 3 rings (SSSR count). The number of hydrogen-bond donors (Lipinski definition) is 0. The second-order valence-electron chi connectivity index (χ2n) is 6.95. The molecule has 2 aliphatic heterocycles. The van der Waals surface area contributed by atoms with Gasteiger partial charge in [-0.05, 0) is 19.4 Å². The quantitative estimate of drug-likeness (QED) is 0.819. The Bertz CT molecular complexity index is 629. The molecule has 7 heteroatoms. The normalized spacial score (nSPS) is 26.5. The van der Waals surface area contributed by atoms with Crippen LogP contribution in [-0.4, -0.2) is 71.3 Å². The summed E-state index contributed by atoms with van der Waals surface area (Å²) in [5.74, 6) is 0.334. The summed E-state index contributed by atoms with van der Waals surface area (Å²) in [5.41, 5.74) is 0.470. The van der Waals surface area contributed by atoms with E-state index in [0.29, 0.717) is 31.9 Å². The fourth-order valence-electron chi connectivity index (χ4n) is 4.04. The predicted octanol–water partition coefficient (Wildman–Crippen LogP) is 0.860. The van der Waals surface area contributed by atoms with Crippen molar-refractivity contribution in [3.63, 3.8) is 0 Å². The number of methoxy groups -OCH3 is 1. The number of nitrogens with zero attached hydrogens (tertiary/aromatic N) is 4. The highest BCUT2D eigenvalue weighted by atomic mass is 16.5. The van der Waals surface area contributed by atoms with Crippen molar-refractivity contribution < 1.29 is 14.3 Å². The summed E-state index contributed by atoms with van der Waals surface area (Å²) >= 11 is 0. The number of likely N-dealkylation sites (tertiary alicyclic amines) is 2. The van der Waals surface area contributed by atoms with Crippen LogP contribution >= 0.6 is 0 Å². The molecular weight excluding hydrogens is 308 g/mol. The molecule has 2 saturated heterocycles. The molecule has 3 heterocycles. The topological polar surface area (TPSA) is 67.7 Å². The smallest absolute Gasteiger partial charge is 0.274 e. The highest BCUT2D eigenvalue weighted by Crippen LogP contribution is 2.43. The van der Waals surface area contributed by atoms with E-state index < -0.39 is 0 Å². The van der Waals surface area contributed by atoms with Crippen LogP contribution in [0.1, 0.15) is 30.8 Å². The maximum Gasteiger partial charge on any atom is 0.274 e. The van der Waals surface area contributed by atoms with Crippen LogP contribution in [0.25, 0.3) is 0 Å². The second kappa shape index (κ2) is 6.55. The zero-order valence-electron chi connectivity index (χ0n) is 14.7. The molecule has 2 aliphatic rings. The van der Waals surface area contributed by atoms with Gasteiger partial charge in [-0.25, -0.2) is 0 Å². The van der Waals surface area contributed by atoms with Crippen molar-refractivity contribution in [3.8, 4) is 0 Å². The van der Waals surface area contributed by atoms with Gasteiger partial charge in [-0.15, -0.1) is 0 Å². The number of aromatic nitrogens is 2. The maximum absolute atomic E-state index is 12.7. The molecule has 1 aromatic rings. The number of aryl methyl sites for hydroxylation is 1. The van der Waals surface area contributed by atoms with Gasteiger partial charge in [-0.3, -0.25) is 14.3 Å². The Balaban J connectivity index is 1.74. The van der Waals surface area contributed by atoms with Crippen molar-refractivity contribution in [2.75, 3.05) is 39.9 Å². The molecule has 0 aliphatic carbocycles. The minimum Gasteiger partial charge on any atom is -0.384 e. The molecule has 2 unspecified atom stereocenters. The SMILES string of the molecule is CCn1ccc(C(=O)N2CCC3(COC)CN(C(C)=O)CC3C2)n1. The van der Waals surface area contributed by atoms with E-state index in [1.165, 1.54) is 0 Å². The standard InChI is InChI=1S/C17H26N4O3/c1-4-21-7-5-15(18-21)16(23)19-8-6-17(12-24-3)11-20(13(2)22)10-14(17)9-19/h5,7,14H,4,6,8-12H2,1-3H3. The van der Waals surface area contributed by atoms with Gasteiger partial charge < -0.3 is 14.5 Å². The molecule has 1 aromatic heterocycles. The molecule has 0 radical (unpaired) electrons. The van der Waals surface area contributed by atoms with E-state index in [0.717, 1.165) is 19.5 Å². The molecule has 0 spiro atoms. The number of hydrogen-bond acceptors (Lipinski definition) is 4. The van der Waals surface area contributed by atoms with Crippen LogP contribution in [0.5, 0.6) is 0 Å². The molecule has 2 amide bonds. The Morgan fingerprint density at radius 3 is 2.75 bits per heavy atom. The van der Waals surface area contributed by atoms with E-state index in [-0.39, 0.29) is 23.1 Å². The molecular formula is C17H26N4O3. The van der Waals surface area contributed by atoms with Gasteiger partial charge in [0.1, 0.15) is 5.69 Å². The third-order valence-electron chi connectivity index (χ3n) is 5.48. The summed E-state index contributed by atoms with van der Waals surface area (Å²) in [6.45, 7) is 7.76. The average molecular weight is 334 g/mol. The first kappa shape index (κ1) is 17.0. The summed E-state index contributed by atoms with van der Waals surface area (Å²) in [6.07, 6.45) is 2.69. The summed E-state index contributed by atoms with van der Waals surface area (Å²) < 4.78 is 7.22. The summed E-state index contributed by atoms with van der Waals surface area (Å²) in [7, 11) is 1.71.